The number of benzene rings is 1. The minimum Gasteiger partial charge on any atom is -0.497 e. The number of hydrogen-bond donors (Lipinski definition) is 0. The van der Waals surface area contributed by atoms with Crippen molar-refractivity contribution < 1.29 is 19.0 Å². The number of nitrogens with zero attached hydrogens (tertiary/aromatic N) is 1. The zero-order chi connectivity index (χ0) is 12.0. The van der Waals surface area contributed by atoms with Crippen LogP contribution in [-0.4, -0.2) is 27.4 Å². The summed E-state index contributed by atoms with van der Waals surface area (Å²) in [7, 11) is 4.56. The van der Waals surface area contributed by atoms with Gasteiger partial charge in [-0.15, -0.1) is 0 Å². The van der Waals surface area contributed by atoms with E-state index in [2.05, 4.69) is 4.99 Å². The van der Waals surface area contributed by atoms with Gasteiger partial charge >= 0.3 is 0 Å². The summed E-state index contributed by atoms with van der Waals surface area (Å²) in [6.45, 7) is 0. The van der Waals surface area contributed by atoms with Crippen LogP contribution in [0.5, 0.6) is 5.75 Å². The van der Waals surface area contributed by atoms with Crippen molar-refractivity contribution in [3.05, 3.63) is 23.8 Å². The molecule has 0 bridgehead atoms. The van der Waals surface area contributed by atoms with Crippen molar-refractivity contribution in [2.45, 2.75) is 6.29 Å². The average Bonchev–Trinajstić information content (AvgIpc) is 2.33. The van der Waals surface area contributed by atoms with Gasteiger partial charge in [-0.1, -0.05) is 0 Å². The number of ether oxygens (including phenoxy) is 3. The van der Waals surface area contributed by atoms with Crippen LogP contribution in [0.2, 0.25) is 0 Å². The summed E-state index contributed by atoms with van der Waals surface area (Å²) < 4.78 is 15.3. The van der Waals surface area contributed by atoms with Gasteiger partial charge in [-0.25, -0.2) is 4.79 Å². The van der Waals surface area contributed by atoms with Crippen LogP contribution in [0.25, 0.3) is 0 Å². The van der Waals surface area contributed by atoms with Crippen LogP contribution in [0, 0.1) is 0 Å². The summed E-state index contributed by atoms with van der Waals surface area (Å²) in [5, 5.41) is 0. The third kappa shape index (κ3) is 2.67. The third-order valence-corrected chi connectivity index (χ3v) is 2.08. The summed E-state index contributed by atoms with van der Waals surface area (Å²) in [5.41, 5.74) is 1.07. The van der Waals surface area contributed by atoms with E-state index in [4.69, 9.17) is 14.2 Å². The molecule has 0 saturated heterocycles. The molecule has 0 amide bonds. The van der Waals surface area contributed by atoms with E-state index in [-0.39, 0.29) is 0 Å². The van der Waals surface area contributed by atoms with E-state index in [9.17, 15) is 4.79 Å². The Labute approximate surface area is 93.7 Å². The minimum atomic E-state index is -0.595. The molecule has 0 radical (unpaired) electrons. The van der Waals surface area contributed by atoms with Gasteiger partial charge in [0.25, 0.3) is 0 Å². The molecule has 0 spiro atoms. The van der Waals surface area contributed by atoms with Crippen molar-refractivity contribution in [3.63, 3.8) is 0 Å². The van der Waals surface area contributed by atoms with E-state index in [1.807, 2.05) is 0 Å². The van der Waals surface area contributed by atoms with Crippen LogP contribution >= 0.6 is 0 Å². The maximum Gasteiger partial charge on any atom is 0.240 e. The highest BCUT2D eigenvalue weighted by Crippen LogP contribution is 2.31. The van der Waals surface area contributed by atoms with E-state index < -0.39 is 6.29 Å². The molecule has 1 rings (SSSR count). The zero-order valence-corrected chi connectivity index (χ0v) is 9.39. The fraction of sp³-hybridized carbons (Fsp3) is 0.364. The molecule has 0 heterocycles. The van der Waals surface area contributed by atoms with Crippen LogP contribution in [0.3, 0.4) is 0 Å². The van der Waals surface area contributed by atoms with E-state index in [0.29, 0.717) is 17.0 Å². The summed E-state index contributed by atoms with van der Waals surface area (Å²) in [4.78, 5) is 13.9. The number of aliphatic imine (C=N–C) groups is 1. The molecule has 0 fully saturated rings. The van der Waals surface area contributed by atoms with E-state index in [1.54, 1.807) is 25.3 Å². The molecule has 0 N–H and O–H groups in total. The summed E-state index contributed by atoms with van der Waals surface area (Å²) in [6.07, 6.45) is 0.893. The number of isocyanates is 1. The van der Waals surface area contributed by atoms with Crippen LogP contribution in [0.4, 0.5) is 5.69 Å². The molecule has 5 heteroatoms. The lowest BCUT2D eigenvalue weighted by Crippen LogP contribution is -2.04. The average molecular weight is 223 g/mol. The van der Waals surface area contributed by atoms with Gasteiger partial charge in [-0.05, 0) is 18.2 Å². The van der Waals surface area contributed by atoms with Gasteiger partial charge in [0.1, 0.15) is 5.75 Å². The maximum absolute atomic E-state index is 10.3. The second kappa shape index (κ2) is 6.02. The predicted octanol–water partition coefficient (Wildman–Crippen LogP) is 1.95. The Morgan fingerprint density at radius 3 is 2.44 bits per heavy atom. The molecule has 0 saturated carbocycles. The van der Waals surface area contributed by atoms with Gasteiger partial charge in [0.2, 0.25) is 6.08 Å². The largest absolute Gasteiger partial charge is 0.497 e. The quantitative estimate of drug-likeness (QED) is 0.435. The Bertz CT molecular complexity index is 395. The molecular formula is C11H13NO4. The van der Waals surface area contributed by atoms with Crippen molar-refractivity contribution in [2.75, 3.05) is 21.3 Å². The highest BCUT2D eigenvalue weighted by atomic mass is 16.7. The van der Waals surface area contributed by atoms with Crippen LogP contribution < -0.4 is 4.74 Å². The Morgan fingerprint density at radius 1 is 1.25 bits per heavy atom. The Balaban J connectivity index is 3.23. The van der Waals surface area contributed by atoms with Crippen LogP contribution in [0.1, 0.15) is 11.9 Å². The standard InChI is InChI=1S/C11H13NO4/c1-14-8-4-5-10(12-7-13)9(6-8)11(15-2)16-3/h4-6,11H,1-3H3. The normalized spacial score (nSPS) is 10.0. The van der Waals surface area contributed by atoms with Crippen LogP contribution in [0.15, 0.2) is 23.2 Å². The summed E-state index contributed by atoms with van der Waals surface area (Å²) in [6, 6.07) is 5.04. The van der Waals surface area contributed by atoms with E-state index in [1.165, 1.54) is 20.3 Å². The predicted molar refractivity (Wildman–Crippen MR) is 57.5 cm³/mol. The molecule has 16 heavy (non-hydrogen) atoms. The van der Waals surface area contributed by atoms with Gasteiger partial charge < -0.3 is 14.2 Å². The first-order chi connectivity index (χ1) is 7.76. The summed E-state index contributed by atoms with van der Waals surface area (Å²) >= 11 is 0. The van der Waals surface area contributed by atoms with Crippen LogP contribution in [-0.2, 0) is 14.3 Å². The minimum absolute atomic E-state index is 0.449. The van der Waals surface area contributed by atoms with Gasteiger partial charge in [0.15, 0.2) is 6.29 Å². The molecular weight excluding hydrogens is 210 g/mol. The van der Waals surface area contributed by atoms with Gasteiger partial charge in [0.05, 0.1) is 12.8 Å². The molecule has 0 aromatic heterocycles. The molecule has 1 aromatic carbocycles. The lowest BCUT2D eigenvalue weighted by Gasteiger charge is -2.16. The molecule has 5 nitrogen and oxygen atoms in total. The number of methoxy groups -OCH3 is 3. The second-order valence-corrected chi connectivity index (χ2v) is 2.93. The molecule has 0 unspecified atom stereocenters. The highest BCUT2D eigenvalue weighted by Gasteiger charge is 2.15. The van der Waals surface area contributed by atoms with Crippen molar-refractivity contribution in [1.29, 1.82) is 0 Å². The van der Waals surface area contributed by atoms with Crippen molar-refractivity contribution in [2.24, 2.45) is 4.99 Å². The molecule has 0 atom stereocenters. The smallest absolute Gasteiger partial charge is 0.240 e. The summed E-state index contributed by atoms with van der Waals surface area (Å²) in [5.74, 6) is 0.638. The number of rotatable bonds is 5. The lowest BCUT2D eigenvalue weighted by molar-refractivity contribution is -0.105. The van der Waals surface area contributed by atoms with Crippen molar-refractivity contribution in [3.8, 4) is 5.75 Å². The van der Waals surface area contributed by atoms with Crippen molar-refractivity contribution >= 4 is 11.8 Å². The topological polar surface area (TPSA) is 57.1 Å². The molecule has 0 aliphatic heterocycles. The zero-order valence-electron chi connectivity index (χ0n) is 9.39. The van der Waals surface area contributed by atoms with Gasteiger partial charge in [-0.2, -0.15) is 4.99 Å². The third-order valence-electron chi connectivity index (χ3n) is 2.08. The first-order valence-electron chi connectivity index (χ1n) is 4.58. The first kappa shape index (κ1) is 12.4. The molecule has 0 aliphatic carbocycles. The number of carbonyl (C=O) groups excluding carboxylic acids is 1. The lowest BCUT2D eigenvalue weighted by atomic mass is 10.1. The fourth-order valence-corrected chi connectivity index (χ4v) is 1.35. The Morgan fingerprint density at radius 2 is 1.94 bits per heavy atom. The van der Waals surface area contributed by atoms with Gasteiger partial charge in [-0.3, -0.25) is 0 Å². The second-order valence-electron chi connectivity index (χ2n) is 2.93. The Kier molecular flexibility index (Phi) is 4.66. The SMILES string of the molecule is COc1ccc(N=C=O)c(C(OC)OC)c1. The Hall–Kier alpha value is -1.68. The van der Waals surface area contributed by atoms with E-state index >= 15 is 0 Å². The van der Waals surface area contributed by atoms with Crippen molar-refractivity contribution in [1.82, 2.24) is 0 Å². The number of hydrogen-bond acceptors (Lipinski definition) is 5. The fourth-order valence-electron chi connectivity index (χ4n) is 1.35. The molecule has 86 valence electrons. The van der Waals surface area contributed by atoms with E-state index in [0.717, 1.165) is 0 Å². The maximum atomic E-state index is 10.3. The molecule has 1 aromatic rings. The first-order valence-corrected chi connectivity index (χ1v) is 4.58. The monoisotopic (exact) mass is 223 g/mol. The molecule has 0 aliphatic rings. The highest BCUT2D eigenvalue weighted by molar-refractivity contribution is 5.56. The van der Waals surface area contributed by atoms with Gasteiger partial charge in [0, 0.05) is 19.8 Å².